The van der Waals surface area contributed by atoms with Crippen LogP contribution in [0.5, 0.6) is 0 Å². The fraction of sp³-hybridized carbons (Fsp3) is 0.391. The number of anilines is 2. The number of hydrogen-bond donors (Lipinski definition) is 2. The number of nitrogens with one attached hydrogen (secondary N) is 2. The van der Waals surface area contributed by atoms with Gasteiger partial charge in [-0.3, -0.25) is 9.59 Å². The molecule has 32 heavy (non-hydrogen) atoms. The molecule has 2 aromatic carbocycles. The smallest absolute Gasteiger partial charge is 0.245 e. The van der Waals surface area contributed by atoms with E-state index in [1.807, 2.05) is 20.8 Å². The Kier molecular flexibility index (Phi) is 7.00. The molecule has 9 heteroatoms. The third-order valence-electron chi connectivity index (χ3n) is 5.35. The maximum absolute atomic E-state index is 14.0. The van der Waals surface area contributed by atoms with E-state index in [2.05, 4.69) is 10.6 Å². The highest BCUT2D eigenvalue weighted by atomic mass is 32.2. The first-order chi connectivity index (χ1) is 15.0. The lowest BCUT2D eigenvalue weighted by Crippen LogP contribution is -2.41. The largest absolute Gasteiger partial charge is 0.326 e. The van der Waals surface area contributed by atoms with Crippen molar-refractivity contribution in [3.63, 3.8) is 0 Å². The molecule has 0 aromatic heterocycles. The van der Waals surface area contributed by atoms with Crippen LogP contribution in [0.4, 0.5) is 15.8 Å². The molecule has 1 heterocycles. The molecule has 7 nitrogen and oxygen atoms in total. The minimum atomic E-state index is -3.94. The quantitative estimate of drug-likeness (QED) is 0.707. The number of nitrogens with zero attached hydrogens (tertiary/aromatic N) is 1. The van der Waals surface area contributed by atoms with E-state index in [1.54, 1.807) is 24.3 Å². The molecule has 2 N–H and O–H groups in total. The van der Waals surface area contributed by atoms with Crippen LogP contribution in [-0.2, 0) is 19.6 Å². The SMILES string of the molecule is CC(C)(C)C(=O)Nc1cccc(NC(=O)C2CCN(S(=O)(=O)c3ccccc3F)CC2)c1. The number of amides is 2. The number of hydrogen-bond acceptors (Lipinski definition) is 4. The van der Waals surface area contributed by atoms with Crippen molar-refractivity contribution < 1.29 is 22.4 Å². The number of carbonyl (C=O) groups excluding carboxylic acids is 2. The third kappa shape index (κ3) is 5.52. The van der Waals surface area contributed by atoms with Gasteiger partial charge in [-0.2, -0.15) is 4.31 Å². The molecule has 2 amide bonds. The monoisotopic (exact) mass is 461 g/mol. The fourth-order valence-electron chi connectivity index (χ4n) is 3.39. The predicted molar refractivity (Wildman–Crippen MR) is 121 cm³/mol. The number of piperidine rings is 1. The summed E-state index contributed by atoms with van der Waals surface area (Å²) < 4.78 is 40.6. The summed E-state index contributed by atoms with van der Waals surface area (Å²) >= 11 is 0. The Hall–Kier alpha value is -2.78. The van der Waals surface area contributed by atoms with Crippen LogP contribution < -0.4 is 10.6 Å². The van der Waals surface area contributed by atoms with E-state index >= 15 is 0 Å². The summed E-state index contributed by atoms with van der Waals surface area (Å²) in [7, 11) is -3.94. The van der Waals surface area contributed by atoms with Crippen LogP contribution in [0, 0.1) is 17.2 Å². The molecular weight excluding hydrogens is 433 g/mol. The fourth-order valence-corrected chi connectivity index (χ4v) is 4.92. The highest BCUT2D eigenvalue weighted by Gasteiger charge is 2.33. The highest BCUT2D eigenvalue weighted by molar-refractivity contribution is 7.89. The van der Waals surface area contributed by atoms with Crippen molar-refractivity contribution in [3.05, 3.63) is 54.3 Å². The molecule has 1 fully saturated rings. The zero-order valence-corrected chi connectivity index (χ0v) is 19.2. The van der Waals surface area contributed by atoms with Crippen molar-refractivity contribution in [2.45, 2.75) is 38.5 Å². The number of sulfonamides is 1. The van der Waals surface area contributed by atoms with E-state index < -0.39 is 21.3 Å². The first-order valence-corrected chi connectivity index (χ1v) is 11.9. The molecule has 2 aromatic rings. The van der Waals surface area contributed by atoms with Gasteiger partial charge in [0, 0.05) is 35.8 Å². The van der Waals surface area contributed by atoms with Gasteiger partial charge in [0.2, 0.25) is 21.8 Å². The van der Waals surface area contributed by atoms with E-state index in [-0.39, 0.29) is 35.7 Å². The van der Waals surface area contributed by atoms with Gasteiger partial charge in [0.05, 0.1) is 0 Å². The number of halogens is 1. The van der Waals surface area contributed by atoms with Gasteiger partial charge in [-0.1, -0.05) is 39.0 Å². The van der Waals surface area contributed by atoms with Crippen molar-refractivity contribution in [3.8, 4) is 0 Å². The van der Waals surface area contributed by atoms with Crippen LogP contribution >= 0.6 is 0 Å². The highest BCUT2D eigenvalue weighted by Crippen LogP contribution is 2.27. The summed E-state index contributed by atoms with van der Waals surface area (Å²) in [5, 5.41) is 5.66. The van der Waals surface area contributed by atoms with Crippen molar-refractivity contribution in [2.24, 2.45) is 11.3 Å². The predicted octanol–water partition coefficient (Wildman–Crippen LogP) is 3.85. The summed E-state index contributed by atoms with van der Waals surface area (Å²) in [6.07, 6.45) is 0.667. The molecule has 0 unspecified atom stereocenters. The van der Waals surface area contributed by atoms with Gasteiger partial charge >= 0.3 is 0 Å². The molecule has 172 valence electrons. The summed E-state index contributed by atoms with van der Waals surface area (Å²) in [4.78, 5) is 24.5. The minimum Gasteiger partial charge on any atom is -0.326 e. The Balaban J connectivity index is 1.60. The zero-order chi connectivity index (χ0) is 23.5. The van der Waals surface area contributed by atoms with Gasteiger partial charge in [0.15, 0.2) is 0 Å². The number of rotatable bonds is 5. The van der Waals surface area contributed by atoms with Crippen LogP contribution in [0.25, 0.3) is 0 Å². The van der Waals surface area contributed by atoms with Crippen LogP contribution in [0.2, 0.25) is 0 Å². The van der Waals surface area contributed by atoms with Crippen molar-refractivity contribution in [1.82, 2.24) is 4.31 Å². The minimum absolute atomic E-state index is 0.135. The Morgan fingerprint density at radius 2 is 1.56 bits per heavy atom. The molecule has 1 aliphatic heterocycles. The lowest BCUT2D eigenvalue weighted by Gasteiger charge is -2.30. The number of benzene rings is 2. The summed E-state index contributed by atoms with van der Waals surface area (Å²) in [5.41, 5.74) is 0.576. The van der Waals surface area contributed by atoms with Crippen molar-refractivity contribution in [2.75, 3.05) is 23.7 Å². The molecule has 3 rings (SSSR count). The van der Waals surface area contributed by atoms with Gasteiger partial charge in [-0.25, -0.2) is 12.8 Å². The molecule has 0 atom stereocenters. The second kappa shape index (κ2) is 9.38. The summed E-state index contributed by atoms with van der Waals surface area (Å²) in [5.74, 6) is -1.50. The van der Waals surface area contributed by atoms with Crippen LogP contribution in [0.15, 0.2) is 53.4 Å². The van der Waals surface area contributed by atoms with Crippen molar-refractivity contribution in [1.29, 1.82) is 0 Å². The topological polar surface area (TPSA) is 95.6 Å². The summed E-state index contributed by atoms with van der Waals surface area (Å²) in [6, 6.07) is 12.2. The van der Waals surface area contributed by atoms with Gasteiger partial charge in [-0.05, 0) is 43.2 Å². The Labute approximate surface area is 188 Å². The van der Waals surface area contributed by atoms with Gasteiger partial charge < -0.3 is 10.6 Å². The average molecular weight is 462 g/mol. The van der Waals surface area contributed by atoms with Crippen LogP contribution in [-0.4, -0.2) is 37.6 Å². The van der Waals surface area contributed by atoms with E-state index in [9.17, 15) is 22.4 Å². The first-order valence-electron chi connectivity index (χ1n) is 10.5. The maximum atomic E-state index is 14.0. The molecule has 1 saturated heterocycles. The van der Waals surface area contributed by atoms with Gasteiger partial charge in [0.1, 0.15) is 10.7 Å². The summed E-state index contributed by atoms with van der Waals surface area (Å²) in [6.45, 7) is 5.71. The normalized spacial score (nSPS) is 15.9. The second-order valence-corrected chi connectivity index (χ2v) is 10.8. The third-order valence-corrected chi connectivity index (χ3v) is 7.28. The lowest BCUT2D eigenvalue weighted by molar-refractivity contribution is -0.123. The molecule has 0 radical (unpaired) electrons. The Bertz CT molecular complexity index is 1100. The maximum Gasteiger partial charge on any atom is 0.245 e. The Morgan fingerprint density at radius 3 is 2.16 bits per heavy atom. The average Bonchev–Trinajstić information content (AvgIpc) is 2.73. The standard InChI is InChI=1S/C23H28FN3O4S/c1-23(2,3)22(29)26-18-8-6-7-17(15-18)25-21(28)16-11-13-27(14-12-16)32(30,31)20-10-5-4-9-19(20)24/h4-10,15-16H,11-14H2,1-3H3,(H,25,28)(H,26,29). The molecule has 0 aliphatic carbocycles. The molecule has 0 bridgehead atoms. The zero-order valence-electron chi connectivity index (χ0n) is 18.4. The first kappa shape index (κ1) is 23.9. The molecule has 1 aliphatic rings. The van der Waals surface area contributed by atoms with Crippen molar-refractivity contribution >= 4 is 33.2 Å². The second-order valence-electron chi connectivity index (χ2n) is 8.88. The Morgan fingerprint density at radius 1 is 0.969 bits per heavy atom. The van der Waals surface area contributed by atoms with E-state index in [0.717, 1.165) is 6.07 Å². The van der Waals surface area contributed by atoms with Crippen LogP contribution in [0.1, 0.15) is 33.6 Å². The van der Waals surface area contributed by atoms with E-state index in [0.29, 0.717) is 24.2 Å². The van der Waals surface area contributed by atoms with Crippen LogP contribution in [0.3, 0.4) is 0 Å². The molecular formula is C23H28FN3O4S. The van der Waals surface area contributed by atoms with E-state index in [4.69, 9.17) is 0 Å². The van der Waals surface area contributed by atoms with Gasteiger partial charge in [-0.15, -0.1) is 0 Å². The molecule has 0 saturated carbocycles. The number of carbonyl (C=O) groups is 2. The molecule has 0 spiro atoms. The van der Waals surface area contributed by atoms with Gasteiger partial charge in [0.25, 0.3) is 0 Å². The van der Waals surface area contributed by atoms with E-state index in [1.165, 1.54) is 22.5 Å². The lowest BCUT2D eigenvalue weighted by atomic mass is 9.95.